The fourth-order valence-corrected chi connectivity index (χ4v) is 1.54. The maximum Gasteiger partial charge on any atom is 0.236 e. The van der Waals surface area contributed by atoms with Crippen LogP contribution in [0.15, 0.2) is 0 Å². The Labute approximate surface area is 79.9 Å². The Morgan fingerprint density at radius 2 is 2.23 bits per heavy atom. The number of rotatable bonds is 2. The van der Waals surface area contributed by atoms with Crippen molar-refractivity contribution in [2.45, 2.75) is 13.0 Å². The summed E-state index contributed by atoms with van der Waals surface area (Å²) in [6, 6.07) is 0.481. The summed E-state index contributed by atoms with van der Waals surface area (Å²) in [5.41, 5.74) is 0. The summed E-state index contributed by atoms with van der Waals surface area (Å²) in [6.45, 7) is 5.31. The molecule has 1 atom stereocenters. The Bertz CT molecular complexity index is 184. The van der Waals surface area contributed by atoms with Crippen molar-refractivity contribution in [2.75, 3.05) is 40.3 Å². The Morgan fingerprint density at radius 3 is 2.77 bits per heavy atom. The first-order valence-electron chi connectivity index (χ1n) is 4.77. The maximum absolute atomic E-state index is 11.5. The van der Waals surface area contributed by atoms with E-state index in [4.69, 9.17) is 0 Å². The minimum Gasteiger partial charge on any atom is -0.339 e. The van der Waals surface area contributed by atoms with Crippen LogP contribution in [0.1, 0.15) is 6.92 Å². The molecule has 0 radical (unpaired) electrons. The van der Waals surface area contributed by atoms with Gasteiger partial charge >= 0.3 is 0 Å². The molecular weight excluding hydrogens is 166 g/mol. The van der Waals surface area contributed by atoms with Gasteiger partial charge < -0.3 is 15.1 Å². The van der Waals surface area contributed by atoms with Crippen LogP contribution in [0.25, 0.3) is 0 Å². The molecule has 4 nitrogen and oxygen atoms in total. The van der Waals surface area contributed by atoms with E-state index in [2.05, 4.69) is 24.2 Å². The molecule has 1 rings (SSSR count). The molecule has 13 heavy (non-hydrogen) atoms. The maximum atomic E-state index is 11.5. The van der Waals surface area contributed by atoms with Gasteiger partial charge in [-0.2, -0.15) is 0 Å². The van der Waals surface area contributed by atoms with Crippen molar-refractivity contribution in [3.8, 4) is 0 Å². The average Bonchev–Trinajstić information content (AvgIpc) is 2.10. The van der Waals surface area contributed by atoms with Crippen LogP contribution < -0.4 is 5.32 Å². The van der Waals surface area contributed by atoms with Crippen LogP contribution in [0.2, 0.25) is 0 Å². The number of likely N-dealkylation sites (N-methyl/N-ethyl adjacent to an activating group) is 2. The van der Waals surface area contributed by atoms with Crippen LogP contribution in [-0.2, 0) is 4.79 Å². The van der Waals surface area contributed by atoms with Crippen molar-refractivity contribution in [2.24, 2.45) is 0 Å². The normalized spacial score (nSPS) is 24.8. The first kappa shape index (κ1) is 10.5. The Balaban J connectivity index is 2.40. The molecule has 1 N–H and O–H groups in total. The predicted octanol–water partition coefficient (Wildman–Crippen LogP) is -0.632. The Hall–Kier alpha value is -0.610. The minimum atomic E-state index is 0.211. The summed E-state index contributed by atoms with van der Waals surface area (Å²) in [4.78, 5) is 15.7. The zero-order chi connectivity index (χ0) is 9.84. The molecule has 1 unspecified atom stereocenters. The zero-order valence-corrected chi connectivity index (χ0v) is 8.71. The van der Waals surface area contributed by atoms with Crippen LogP contribution in [0.4, 0.5) is 0 Å². The summed E-state index contributed by atoms with van der Waals surface area (Å²) in [5.74, 6) is 0.211. The highest BCUT2D eigenvalue weighted by Gasteiger charge is 2.23. The lowest BCUT2D eigenvalue weighted by atomic mass is 10.2. The molecule has 76 valence electrons. The zero-order valence-electron chi connectivity index (χ0n) is 8.71. The molecular formula is C9H19N3O. The highest BCUT2D eigenvalue weighted by molar-refractivity contribution is 5.78. The second kappa shape index (κ2) is 4.58. The number of hydrogen-bond donors (Lipinski definition) is 1. The molecule has 1 saturated heterocycles. The highest BCUT2D eigenvalue weighted by Crippen LogP contribution is 2.06. The highest BCUT2D eigenvalue weighted by atomic mass is 16.2. The number of nitrogens with one attached hydrogen (secondary N) is 1. The lowest BCUT2D eigenvalue weighted by molar-refractivity contribution is -0.132. The third kappa shape index (κ3) is 2.67. The number of amides is 1. The number of carbonyl (C=O) groups excluding carboxylic acids is 1. The van der Waals surface area contributed by atoms with Crippen LogP contribution in [0, 0.1) is 0 Å². The lowest BCUT2D eigenvalue weighted by Gasteiger charge is -2.37. The molecule has 4 heteroatoms. The molecule has 1 aliphatic rings. The molecule has 0 aromatic heterocycles. The van der Waals surface area contributed by atoms with Crippen molar-refractivity contribution in [1.29, 1.82) is 0 Å². The van der Waals surface area contributed by atoms with Crippen molar-refractivity contribution >= 4 is 5.91 Å². The van der Waals surface area contributed by atoms with E-state index < -0.39 is 0 Å². The third-order valence-electron chi connectivity index (χ3n) is 2.64. The SMILES string of the molecule is CNCC(=O)N1CCN(C)C(C)C1. The van der Waals surface area contributed by atoms with E-state index in [0.29, 0.717) is 12.6 Å². The van der Waals surface area contributed by atoms with Crippen LogP contribution >= 0.6 is 0 Å². The summed E-state index contributed by atoms with van der Waals surface area (Å²) in [5, 5.41) is 2.89. The second-order valence-corrected chi connectivity index (χ2v) is 3.70. The van der Waals surface area contributed by atoms with E-state index in [1.165, 1.54) is 0 Å². The summed E-state index contributed by atoms with van der Waals surface area (Å²) < 4.78 is 0. The molecule has 0 saturated carbocycles. The van der Waals surface area contributed by atoms with Gasteiger partial charge in [0.2, 0.25) is 5.91 Å². The molecule has 0 spiro atoms. The van der Waals surface area contributed by atoms with Crippen molar-refractivity contribution in [1.82, 2.24) is 15.1 Å². The first-order chi connectivity index (χ1) is 6.15. The van der Waals surface area contributed by atoms with E-state index in [0.717, 1.165) is 19.6 Å². The van der Waals surface area contributed by atoms with Gasteiger partial charge in [0.1, 0.15) is 0 Å². The van der Waals surface area contributed by atoms with Gasteiger partial charge in [-0.05, 0) is 21.0 Å². The lowest BCUT2D eigenvalue weighted by Crippen LogP contribution is -2.53. The first-order valence-corrected chi connectivity index (χ1v) is 4.77. The molecule has 1 aliphatic heterocycles. The molecule has 1 fully saturated rings. The third-order valence-corrected chi connectivity index (χ3v) is 2.64. The van der Waals surface area contributed by atoms with Gasteiger partial charge in [-0.25, -0.2) is 0 Å². The summed E-state index contributed by atoms with van der Waals surface area (Å²) in [6.07, 6.45) is 0. The second-order valence-electron chi connectivity index (χ2n) is 3.70. The van der Waals surface area contributed by atoms with E-state index in [-0.39, 0.29) is 5.91 Å². The van der Waals surface area contributed by atoms with Crippen LogP contribution in [0.5, 0.6) is 0 Å². The van der Waals surface area contributed by atoms with Gasteiger partial charge in [0.05, 0.1) is 6.54 Å². The van der Waals surface area contributed by atoms with Crippen molar-refractivity contribution < 1.29 is 4.79 Å². The fourth-order valence-electron chi connectivity index (χ4n) is 1.54. The van der Waals surface area contributed by atoms with Gasteiger partial charge in [-0.3, -0.25) is 4.79 Å². The average molecular weight is 185 g/mol. The van der Waals surface area contributed by atoms with Gasteiger partial charge in [0, 0.05) is 25.7 Å². The van der Waals surface area contributed by atoms with Crippen molar-refractivity contribution in [3.63, 3.8) is 0 Å². The van der Waals surface area contributed by atoms with Gasteiger partial charge in [-0.15, -0.1) is 0 Å². The fraction of sp³-hybridized carbons (Fsp3) is 0.889. The van der Waals surface area contributed by atoms with Crippen LogP contribution in [-0.4, -0.2) is 62.0 Å². The van der Waals surface area contributed by atoms with Crippen LogP contribution in [0.3, 0.4) is 0 Å². The number of carbonyl (C=O) groups is 1. The number of piperazine rings is 1. The Morgan fingerprint density at radius 1 is 1.54 bits per heavy atom. The standard InChI is InChI=1S/C9H19N3O/c1-8-7-12(5-4-11(8)3)9(13)6-10-2/h8,10H,4-7H2,1-3H3. The number of hydrogen-bond acceptors (Lipinski definition) is 3. The smallest absolute Gasteiger partial charge is 0.236 e. The molecule has 0 aromatic carbocycles. The van der Waals surface area contributed by atoms with Gasteiger partial charge in [-0.1, -0.05) is 0 Å². The van der Waals surface area contributed by atoms with E-state index in [1.54, 1.807) is 7.05 Å². The van der Waals surface area contributed by atoms with Gasteiger partial charge in [0.15, 0.2) is 0 Å². The molecule has 1 heterocycles. The quantitative estimate of drug-likeness (QED) is 0.622. The summed E-state index contributed by atoms with van der Waals surface area (Å²) in [7, 11) is 3.90. The predicted molar refractivity (Wildman–Crippen MR) is 52.6 cm³/mol. The van der Waals surface area contributed by atoms with E-state index >= 15 is 0 Å². The number of nitrogens with zero attached hydrogens (tertiary/aromatic N) is 2. The monoisotopic (exact) mass is 185 g/mol. The van der Waals surface area contributed by atoms with Gasteiger partial charge in [0.25, 0.3) is 0 Å². The van der Waals surface area contributed by atoms with Crippen molar-refractivity contribution in [3.05, 3.63) is 0 Å². The van der Waals surface area contributed by atoms with E-state index in [1.807, 2.05) is 4.90 Å². The molecule has 1 amide bonds. The minimum absolute atomic E-state index is 0.211. The molecule has 0 bridgehead atoms. The van der Waals surface area contributed by atoms with E-state index in [9.17, 15) is 4.79 Å². The topological polar surface area (TPSA) is 35.6 Å². The molecule has 0 aliphatic carbocycles. The molecule has 0 aromatic rings. The summed E-state index contributed by atoms with van der Waals surface area (Å²) >= 11 is 0. The Kier molecular flexibility index (Phi) is 3.69. The largest absolute Gasteiger partial charge is 0.339 e.